The molecule has 6 nitrogen and oxygen atoms in total. The monoisotopic (exact) mass is 760 g/mol. The molecule has 1 fully saturated rings. The summed E-state index contributed by atoms with van der Waals surface area (Å²) in [7, 11) is 0. The summed E-state index contributed by atoms with van der Waals surface area (Å²) in [4.78, 5) is 42.2. The van der Waals surface area contributed by atoms with Crippen LogP contribution in [0.2, 0.25) is 0 Å². The van der Waals surface area contributed by atoms with Crippen LogP contribution in [-0.4, -0.2) is 47.5 Å². The Bertz CT molecular complexity index is 1900. The molecule has 1 aromatic heterocycles. The van der Waals surface area contributed by atoms with Gasteiger partial charge in [-0.2, -0.15) is 26.3 Å². The number of aryl methyl sites for hydroxylation is 1. The van der Waals surface area contributed by atoms with Crippen LogP contribution in [0.15, 0.2) is 35.3 Å². The van der Waals surface area contributed by atoms with Gasteiger partial charge in [0.15, 0.2) is 5.78 Å². The Morgan fingerprint density at radius 2 is 1.55 bits per heavy atom. The number of hydrogen-bond donors (Lipinski definition) is 0. The van der Waals surface area contributed by atoms with Gasteiger partial charge in [0.2, 0.25) is 0 Å². The average molecular weight is 761 g/mol. The molecule has 1 aliphatic heterocycles. The highest BCUT2D eigenvalue weighted by atomic mass is 19.4. The van der Waals surface area contributed by atoms with Crippen molar-refractivity contribution in [2.45, 2.75) is 91.0 Å². The largest absolute Gasteiger partial charge is 0.466 e. The highest BCUT2D eigenvalue weighted by Gasteiger charge is 2.41. The second-order valence-corrected chi connectivity index (χ2v) is 13.8. The zero-order chi connectivity index (χ0) is 39.6. The molecule has 0 N–H and O–H groups in total. The fraction of sp³-hybridized carbons (Fsp3) is 0.500. The molecule has 1 unspecified atom stereocenters. The van der Waals surface area contributed by atoms with Crippen LogP contribution < -0.4 is 5.56 Å². The van der Waals surface area contributed by atoms with Crippen molar-refractivity contribution in [1.82, 2.24) is 9.47 Å². The second-order valence-electron chi connectivity index (χ2n) is 13.8. The smallest absolute Gasteiger partial charge is 0.419 e. The normalized spacial score (nSPS) is 15.0. The molecule has 1 saturated heterocycles. The molecule has 0 aliphatic carbocycles. The summed E-state index contributed by atoms with van der Waals surface area (Å²) in [6.07, 6.45) is -10.8. The van der Waals surface area contributed by atoms with Gasteiger partial charge in [0, 0.05) is 42.3 Å². The lowest BCUT2D eigenvalue weighted by Gasteiger charge is -2.31. The molecule has 4 rings (SSSR count). The van der Waals surface area contributed by atoms with Gasteiger partial charge in [0.1, 0.15) is 17.5 Å². The zero-order valence-electron chi connectivity index (χ0n) is 29.9. The molecule has 2 atom stereocenters. The molecule has 1 aliphatic rings. The number of ketones is 1. The van der Waals surface area contributed by atoms with Crippen molar-refractivity contribution in [3.05, 3.63) is 91.6 Å². The van der Waals surface area contributed by atoms with E-state index < -0.39 is 94.2 Å². The zero-order valence-corrected chi connectivity index (χ0v) is 29.9. The van der Waals surface area contributed by atoms with E-state index in [0.717, 1.165) is 23.3 Å². The first-order chi connectivity index (χ1) is 24.6. The Labute approximate surface area is 300 Å². The summed E-state index contributed by atoms with van der Waals surface area (Å²) >= 11 is 0. The first-order valence-corrected chi connectivity index (χ1v) is 17.2. The van der Waals surface area contributed by atoms with Gasteiger partial charge in [-0.15, -0.1) is 0 Å². The molecular formula is C38H41F9N2O4. The molecular weight excluding hydrogens is 719 g/mol. The van der Waals surface area contributed by atoms with Gasteiger partial charge in [-0.05, 0) is 93.4 Å². The number of pyridine rings is 1. The van der Waals surface area contributed by atoms with Gasteiger partial charge in [-0.3, -0.25) is 14.4 Å². The Morgan fingerprint density at radius 1 is 0.906 bits per heavy atom. The molecule has 0 amide bonds. The minimum absolute atomic E-state index is 0.120. The van der Waals surface area contributed by atoms with Gasteiger partial charge in [0.05, 0.1) is 30.2 Å². The van der Waals surface area contributed by atoms with Crippen molar-refractivity contribution in [1.29, 1.82) is 0 Å². The molecule has 0 radical (unpaired) electrons. The lowest BCUT2D eigenvalue weighted by molar-refractivity contribution is -0.143. The van der Waals surface area contributed by atoms with E-state index in [4.69, 9.17) is 4.74 Å². The maximum atomic E-state index is 16.6. The number of nitrogens with zero attached hydrogens (tertiary/aromatic N) is 2. The molecule has 15 heteroatoms. The summed E-state index contributed by atoms with van der Waals surface area (Å²) in [5.74, 6) is -8.96. The van der Waals surface area contributed by atoms with E-state index in [1.165, 1.54) is 26.8 Å². The number of benzene rings is 2. The van der Waals surface area contributed by atoms with Crippen molar-refractivity contribution in [3.8, 4) is 11.1 Å². The van der Waals surface area contributed by atoms with Crippen LogP contribution in [0.5, 0.6) is 0 Å². The topological polar surface area (TPSA) is 68.6 Å². The maximum Gasteiger partial charge on any atom is 0.419 e. The van der Waals surface area contributed by atoms with Crippen LogP contribution in [0.25, 0.3) is 11.1 Å². The fourth-order valence-electron chi connectivity index (χ4n) is 6.75. The number of carbonyl (C=O) groups excluding carboxylic acids is 2. The van der Waals surface area contributed by atoms with E-state index in [9.17, 15) is 45.1 Å². The third-order valence-corrected chi connectivity index (χ3v) is 9.51. The number of halogens is 9. The van der Waals surface area contributed by atoms with E-state index in [1.54, 1.807) is 13.8 Å². The highest BCUT2D eigenvalue weighted by molar-refractivity contribution is 5.85. The average Bonchev–Trinajstić information content (AvgIpc) is 3.01. The fourth-order valence-corrected chi connectivity index (χ4v) is 6.75. The van der Waals surface area contributed by atoms with Crippen molar-refractivity contribution < 1.29 is 53.8 Å². The van der Waals surface area contributed by atoms with Gasteiger partial charge in [0.25, 0.3) is 5.56 Å². The number of likely N-dealkylation sites (tertiary alicyclic amines) is 1. The Morgan fingerprint density at radius 3 is 2.09 bits per heavy atom. The minimum atomic E-state index is -5.41. The Kier molecular flexibility index (Phi) is 12.9. The number of alkyl halides is 6. The SMILES string of the molecule is CCOC(=O)C[C@H](CC(=O)C(CC(C)C)n1cc(CCN2CCC2)c(C(F)(F)F)cc1=O)c1c(F)c(-c2c(C)ccc(F)c2C)cc(C(F)(F)F)c1F. The van der Waals surface area contributed by atoms with Gasteiger partial charge in [-0.25, -0.2) is 13.2 Å². The van der Waals surface area contributed by atoms with Crippen LogP contribution in [0, 0.1) is 37.2 Å². The molecule has 2 heterocycles. The van der Waals surface area contributed by atoms with Gasteiger partial charge in [-0.1, -0.05) is 19.9 Å². The summed E-state index contributed by atoms with van der Waals surface area (Å²) < 4.78 is 138. The lowest BCUT2D eigenvalue weighted by Crippen LogP contribution is -2.39. The van der Waals surface area contributed by atoms with Crippen LogP contribution >= 0.6 is 0 Å². The Balaban J connectivity index is 1.91. The molecule has 3 aromatic rings. The summed E-state index contributed by atoms with van der Waals surface area (Å²) in [6, 6.07) is 1.28. The summed E-state index contributed by atoms with van der Waals surface area (Å²) in [5.41, 5.74) is -7.07. The van der Waals surface area contributed by atoms with Crippen molar-refractivity contribution in [3.63, 3.8) is 0 Å². The molecule has 0 spiro atoms. The minimum Gasteiger partial charge on any atom is -0.466 e. The van der Waals surface area contributed by atoms with Gasteiger partial charge < -0.3 is 14.2 Å². The number of ether oxygens (including phenoxy) is 1. The standard InChI is InChI=1S/C38H41F9N2O4/c1-6-53-32(52)16-24(34-35(40)25(17-27(36(34)41)38(45,46)47)33-21(4)8-9-28(39)22(33)5)15-30(50)29(14-20(2)3)49-19-23(10-13-48-11-7-12-48)26(18-31(49)51)37(42,43)44/h8-9,17-20,24,29H,6-7,10-16H2,1-5H3/t24-,29?/m0/s1. The number of carbonyl (C=O) groups is 2. The van der Waals surface area contributed by atoms with Gasteiger partial charge >= 0.3 is 18.3 Å². The first kappa shape index (κ1) is 41.6. The summed E-state index contributed by atoms with van der Waals surface area (Å²) in [5, 5.41) is 0. The van der Waals surface area contributed by atoms with E-state index in [0.29, 0.717) is 19.2 Å². The van der Waals surface area contributed by atoms with Crippen LogP contribution in [0.3, 0.4) is 0 Å². The van der Waals surface area contributed by atoms with Crippen LogP contribution in [0.1, 0.15) is 91.8 Å². The predicted octanol–water partition coefficient (Wildman–Crippen LogP) is 9.12. The number of rotatable bonds is 14. The molecule has 290 valence electrons. The van der Waals surface area contributed by atoms with E-state index in [2.05, 4.69) is 0 Å². The quantitative estimate of drug-likeness (QED) is 0.121. The van der Waals surface area contributed by atoms with E-state index in [1.807, 2.05) is 4.90 Å². The predicted molar refractivity (Wildman–Crippen MR) is 179 cm³/mol. The summed E-state index contributed by atoms with van der Waals surface area (Å²) in [6.45, 7) is 8.67. The molecule has 0 bridgehead atoms. The Hall–Kier alpha value is -4.14. The van der Waals surface area contributed by atoms with Crippen LogP contribution in [-0.2, 0) is 33.1 Å². The number of aromatic nitrogens is 1. The number of esters is 1. The second kappa shape index (κ2) is 16.5. The van der Waals surface area contributed by atoms with Crippen molar-refractivity contribution in [2.24, 2.45) is 5.92 Å². The van der Waals surface area contributed by atoms with E-state index >= 15 is 8.78 Å². The highest BCUT2D eigenvalue weighted by Crippen LogP contribution is 2.44. The third-order valence-electron chi connectivity index (χ3n) is 9.51. The van der Waals surface area contributed by atoms with Crippen LogP contribution in [0.4, 0.5) is 39.5 Å². The van der Waals surface area contributed by atoms with Crippen molar-refractivity contribution in [2.75, 3.05) is 26.2 Å². The number of hydrogen-bond acceptors (Lipinski definition) is 5. The lowest BCUT2D eigenvalue weighted by atomic mass is 9.83. The van der Waals surface area contributed by atoms with E-state index in [-0.39, 0.29) is 60.2 Å². The first-order valence-electron chi connectivity index (χ1n) is 17.2. The third kappa shape index (κ3) is 9.51. The maximum absolute atomic E-state index is 16.6. The molecule has 53 heavy (non-hydrogen) atoms. The molecule has 0 saturated carbocycles. The molecule has 2 aromatic carbocycles. The van der Waals surface area contributed by atoms with Crippen molar-refractivity contribution >= 4 is 11.8 Å². The number of Topliss-reactive ketones (excluding diaryl/α,β-unsaturated/α-hetero) is 1.